The highest BCUT2D eigenvalue weighted by Gasteiger charge is 2.43. The summed E-state index contributed by atoms with van der Waals surface area (Å²) >= 11 is 0. The minimum Gasteiger partial charge on any atom is -0.380 e. The highest BCUT2D eigenvalue weighted by atomic mass is 19.4. The van der Waals surface area contributed by atoms with Crippen LogP contribution in [-0.4, -0.2) is 29.9 Å². The molecule has 2 aromatic carbocycles. The Bertz CT molecular complexity index is 796. The molecule has 0 saturated carbocycles. The summed E-state index contributed by atoms with van der Waals surface area (Å²) < 4.78 is 77.9. The molecule has 0 bridgehead atoms. The lowest BCUT2D eigenvalue weighted by molar-refractivity contribution is -0.179. The maximum atomic E-state index is 13.0. The Balaban J connectivity index is 2.00. The Hall–Kier alpha value is -2.10. The van der Waals surface area contributed by atoms with Gasteiger partial charge in [-0.2, -0.15) is 31.4 Å². The second kappa shape index (κ2) is 8.80. The fourth-order valence-electron chi connectivity index (χ4n) is 4.05. The van der Waals surface area contributed by atoms with E-state index in [4.69, 9.17) is 4.84 Å². The number of halogens is 6. The molecule has 9 heteroatoms. The van der Waals surface area contributed by atoms with E-state index in [0.29, 0.717) is 32.5 Å². The fourth-order valence-corrected chi connectivity index (χ4v) is 4.05. The summed E-state index contributed by atoms with van der Waals surface area (Å²) in [5.41, 5.74) is -3.06. The molecule has 1 N–H and O–H groups in total. The zero-order valence-electron chi connectivity index (χ0n) is 16.8. The molecular weight excluding hydrogens is 424 g/mol. The number of piperidine rings is 1. The van der Waals surface area contributed by atoms with Crippen LogP contribution in [-0.2, 0) is 22.8 Å². The van der Waals surface area contributed by atoms with E-state index in [0.717, 1.165) is 24.3 Å². The van der Waals surface area contributed by atoms with Crippen molar-refractivity contribution in [1.29, 1.82) is 0 Å². The number of rotatable bonds is 5. The van der Waals surface area contributed by atoms with Gasteiger partial charge in [0.1, 0.15) is 5.60 Å². The van der Waals surface area contributed by atoms with Gasteiger partial charge in [0.25, 0.3) is 0 Å². The van der Waals surface area contributed by atoms with Gasteiger partial charge in [-0.25, -0.2) is 0 Å². The van der Waals surface area contributed by atoms with E-state index in [1.54, 1.807) is 5.06 Å². The lowest BCUT2D eigenvalue weighted by atomic mass is 9.72. The summed E-state index contributed by atoms with van der Waals surface area (Å²) in [6, 6.07) is 8.26. The van der Waals surface area contributed by atoms with Crippen LogP contribution in [0.4, 0.5) is 26.3 Å². The van der Waals surface area contributed by atoms with Gasteiger partial charge in [0.15, 0.2) is 0 Å². The van der Waals surface area contributed by atoms with Crippen molar-refractivity contribution >= 4 is 0 Å². The van der Waals surface area contributed by atoms with Crippen molar-refractivity contribution in [3.8, 4) is 0 Å². The second-order valence-corrected chi connectivity index (χ2v) is 7.54. The molecule has 1 aliphatic heterocycles. The van der Waals surface area contributed by atoms with Gasteiger partial charge in [0.2, 0.25) is 0 Å². The third-order valence-electron chi connectivity index (χ3n) is 5.66. The predicted octanol–water partition coefficient (Wildman–Crippen LogP) is 5.62. The standard InChI is InChI=1S/C22H23F6NO2/c1-2-31-29-13-11-17(12-14-29)20(30,15-3-7-18(8-4-15)21(23,24)25)16-5-9-19(10-6-16)22(26,27)28/h3-10,17,30H,2,11-14H2,1H3. The van der Waals surface area contributed by atoms with Crippen molar-refractivity contribution in [1.82, 2.24) is 5.06 Å². The number of hydroxylamine groups is 2. The summed E-state index contributed by atoms with van der Waals surface area (Å²) in [7, 11) is 0. The molecule has 0 amide bonds. The molecule has 0 spiro atoms. The van der Waals surface area contributed by atoms with Crippen LogP contribution in [0.15, 0.2) is 48.5 Å². The molecular formula is C22H23F6NO2. The number of alkyl halides is 6. The Labute approximate surface area is 176 Å². The predicted molar refractivity (Wildman–Crippen MR) is 102 cm³/mol. The summed E-state index contributed by atoms with van der Waals surface area (Å²) in [4.78, 5) is 5.46. The number of nitrogens with zero attached hydrogens (tertiary/aromatic N) is 1. The first-order valence-electron chi connectivity index (χ1n) is 9.92. The minimum atomic E-state index is -4.53. The van der Waals surface area contributed by atoms with Crippen LogP contribution in [0.25, 0.3) is 0 Å². The Morgan fingerprint density at radius 3 is 1.45 bits per heavy atom. The van der Waals surface area contributed by atoms with Gasteiger partial charge >= 0.3 is 12.4 Å². The van der Waals surface area contributed by atoms with Gasteiger partial charge in [-0.3, -0.25) is 4.84 Å². The van der Waals surface area contributed by atoms with Crippen molar-refractivity contribution in [3.63, 3.8) is 0 Å². The van der Waals surface area contributed by atoms with Gasteiger partial charge < -0.3 is 5.11 Å². The van der Waals surface area contributed by atoms with E-state index in [2.05, 4.69) is 0 Å². The van der Waals surface area contributed by atoms with Crippen LogP contribution in [0.2, 0.25) is 0 Å². The highest BCUT2D eigenvalue weighted by molar-refractivity contribution is 5.40. The average molecular weight is 447 g/mol. The summed E-state index contributed by atoms with van der Waals surface area (Å²) in [6.07, 6.45) is -8.15. The van der Waals surface area contributed by atoms with Crippen molar-refractivity contribution < 1.29 is 36.3 Å². The van der Waals surface area contributed by atoms with Gasteiger partial charge in [-0.15, -0.1) is 0 Å². The maximum absolute atomic E-state index is 13.0. The number of hydrogen-bond donors (Lipinski definition) is 1. The molecule has 3 nitrogen and oxygen atoms in total. The van der Waals surface area contributed by atoms with E-state index in [9.17, 15) is 31.4 Å². The lowest BCUT2D eigenvalue weighted by Crippen LogP contribution is -2.44. The first-order valence-corrected chi connectivity index (χ1v) is 9.92. The summed E-state index contributed by atoms with van der Waals surface area (Å²) in [5, 5.41) is 13.5. The van der Waals surface area contributed by atoms with Crippen LogP contribution in [0.3, 0.4) is 0 Å². The van der Waals surface area contributed by atoms with Gasteiger partial charge in [0, 0.05) is 13.1 Å². The van der Waals surface area contributed by atoms with Crippen LogP contribution in [0.5, 0.6) is 0 Å². The van der Waals surface area contributed by atoms with Crippen LogP contribution in [0.1, 0.15) is 42.0 Å². The smallest absolute Gasteiger partial charge is 0.380 e. The summed E-state index contributed by atoms with van der Waals surface area (Å²) in [6.45, 7) is 3.30. The van der Waals surface area contributed by atoms with E-state index >= 15 is 0 Å². The number of benzene rings is 2. The monoisotopic (exact) mass is 447 g/mol. The lowest BCUT2D eigenvalue weighted by Gasteiger charge is -2.42. The van der Waals surface area contributed by atoms with Crippen molar-refractivity contribution in [2.24, 2.45) is 5.92 Å². The van der Waals surface area contributed by atoms with Crippen molar-refractivity contribution in [2.45, 2.75) is 37.7 Å². The Morgan fingerprint density at radius 2 is 1.13 bits per heavy atom. The van der Waals surface area contributed by atoms with Gasteiger partial charge in [0.05, 0.1) is 17.7 Å². The molecule has 0 atom stereocenters. The molecule has 1 fully saturated rings. The molecule has 0 unspecified atom stereocenters. The highest BCUT2D eigenvalue weighted by Crippen LogP contribution is 2.43. The number of aliphatic hydroxyl groups is 1. The summed E-state index contributed by atoms with van der Waals surface area (Å²) in [5.74, 6) is -0.419. The molecule has 0 aromatic heterocycles. The SMILES string of the molecule is CCON1CCC(C(O)(c2ccc(C(F)(F)F)cc2)c2ccc(C(F)(F)F)cc2)CC1. The molecule has 170 valence electrons. The van der Waals surface area contributed by atoms with E-state index in [-0.39, 0.29) is 11.1 Å². The van der Waals surface area contributed by atoms with Crippen LogP contribution >= 0.6 is 0 Å². The van der Waals surface area contributed by atoms with Gasteiger partial charge in [-0.1, -0.05) is 24.3 Å². The third-order valence-corrected chi connectivity index (χ3v) is 5.66. The quantitative estimate of drug-likeness (QED) is 0.604. The van der Waals surface area contributed by atoms with Gasteiger partial charge in [-0.05, 0) is 61.1 Å². The Morgan fingerprint density at radius 1 is 0.774 bits per heavy atom. The fraction of sp³-hybridized carbons (Fsp3) is 0.455. The molecule has 1 heterocycles. The third kappa shape index (κ3) is 5.05. The Kier molecular flexibility index (Phi) is 6.69. The topological polar surface area (TPSA) is 32.7 Å². The second-order valence-electron chi connectivity index (χ2n) is 7.54. The normalized spacial score (nSPS) is 17.2. The zero-order valence-corrected chi connectivity index (χ0v) is 16.8. The van der Waals surface area contributed by atoms with E-state index < -0.39 is 35.0 Å². The largest absolute Gasteiger partial charge is 0.416 e. The van der Waals surface area contributed by atoms with Crippen LogP contribution in [0, 0.1) is 5.92 Å². The minimum absolute atomic E-state index is 0.204. The van der Waals surface area contributed by atoms with Crippen molar-refractivity contribution in [3.05, 3.63) is 70.8 Å². The van der Waals surface area contributed by atoms with E-state index in [1.165, 1.54) is 24.3 Å². The zero-order chi connectivity index (χ0) is 22.9. The van der Waals surface area contributed by atoms with E-state index in [1.807, 2.05) is 6.92 Å². The molecule has 1 saturated heterocycles. The first-order chi connectivity index (χ1) is 14.5. The maximum Gasteiger partial charge on any atom is 0.416 e. The number of hydrogen-bond acceptors (Lipinski definition) is 3. The average Bonchev–Trinajstić information content (AvgIpc) is 2.73. The van der Waals surface area contributed by atoms with Crippen LogP contribution < -0.4 is 0 Å². The molecule has 1 aliphatic rings. The van der Waals surface area contributed by atoms with Crippen molar-refractivity contribution in [2.75, 3.05) is 19.7 Å². The molecule has 3 rings (SSSR count). The molecule has 2 aromatic rings. The first kappa shape index (κ1) is 23.6. The molecule has 31 heavy (non-hydrogen) atoms. The molecule has 0 radical (unpaired) electrons. The molecule has 0 aliphatic carbocycles.